The number of carbonyl (C=O) groups excluding carboxylic acids is 1. The quantitative estimate of drug-likeness (QED) is 0.540. The minimum Gasteiger partial charge on any atom is -0.460 e. The smallest absolute Gasteiger partial charge is 0.324 e. The molecule has 5 nitrogen and oxygen atoms in total. The van der Waals surface area contributed by atoms with Gasteiger partial charge in [0.25, 0.3) is 0 Å². The third-order valence-corrected chi connectivity index (χ3v) is 7.10. The van der Waals surface area contributed by atoms with Gasteiger partial charge in [-0.3, -0.25) is 4.79 Å². The number of thioether (sulfide) groups is 1. The van der Waals surface area contributed by atoms with Gasteiger partial charge in [-0.25, -0.2) is 12.8 Å². The third-order valence-electron chi connectivity index (χ3n) is 4.44. The maximum atomic E-state index is 13.1. The molecule has 0 saturated carbocycles. The number of esters is 1. The highest BCUT2D eigenvalue weighted by molar-refractivity contribution is 7.98. The van der Waals surface area contributed by atoms with Crippen molar-refractivity contribution in [1.29, 1.82) is 0 Å². The Labute approximate surface area is 162 Å². The van der Waals surface area contributed by atoms with Crippen molar-refractivity contribution in [2.24, 2.45) is 0 Å². The summed E-state index contributed by atoms with van der Waals surface area (Å²) in [4.78, 5) is 13.6. The first-order chi connectivity index (χ1) is 12.9. The summed E-state index contributed by atoms with van der Waals surface area (Å²) < 4.78 is 45.2. The van der Waals surface area contributed by atoms with Gasteiger partial charge in [-0.05, 0) is 61.1 Å². The zero-order chi connectivity index (χ0) is 19.4. The molecule has 2 aromatic rings. The molecule has 0 bridgehead atoms. The predicted molar refractivity (Wildman–Crippen MR) is 101 cm³/mol. The molecule has 0 aliphatic carbocycles. The SMILES string of the molecule is CSc1ccc(COC(=O)[C@@H]2CCCN2S(=O)(=O)c2ccc(F)cc2)cc1. The van der Waals surface area contributed by atoms with Crippen molar-refractivity contribution in [3.05, 3.63) is 59.9 Å². The summed E-state index contributed by atoms with van der Waals surface area (Å²) in [6.45, 7) is 0.330. The molecule has 0 spiro atoms. The van der Waals surface area contributed by atoms with E-state index >= 15 is 0 Å². The van der Waals surface area contributed by atoms with E-state index in [2.05, 4.69) is 0 Å². The number of carbonyl (C=O) groups is 1. The van der Waals surface area contributed by atoms with E-state index in [1.807, 2.05) is 30.5 Å². The molecular weight excluding hydrogens is 389 g/mol. The van der Waals surface area contributed by atoms with E-state index in [0.29, 0.717) is 12.8 Å². The number of halogens is 1. The van der Waals surface area contributed by atoms with Crippen molar-refractivity contribution in [1.82, 2.24) is 4.31 Å². The number of hydrogen-bond acceptors (Lipinski definition) is 5. The van der Waals surface area contributed by atoms with Crippen molar-refractivity contribution in [2.75, 3.05) is 12.8 Å². The van der Waals surface area contributed by atoms with E-state index in [0.717, 1.165) is 26.9 Å². The van der Waals surface area contributed by atoms with Crippen LogP contribution < -0.4 is 0 Å². The first-order valence-corrected chi connectivity index (χ1v) is 11.2. The van der Waals surface area contributed by atoms with Crippen molar-refractivity contribution in [3.63, 3.8) is 0 Å². The molecule has 1 aliphatic heterocycles. The molecular formula is C19H20FNO4S2. The zero-order valence-electron chi connectivity index (χ0n) is 14.8. The molecule has 0 unspecified atom stereocenters. The predicted octanol–water partition coefficient (Wildman–Crippen LogP) is 3.44. The molecule has 144 valence electrons. The first-order valence-electron chi connectivity index (χ1n) is 8.49. The lowest BCUT2D eigenvalue weighted by molar-refractivity contribution is -0.148. The molecule has 8 heteroatoms. The van der Waals surface area contributed by atoms with Crippen molar-refractivity contribution < 1.29 is 22.3 Å². The van der Waals surface area contributed by atoms with E-state index in [4.69, 9.17) is 4.74 Å². The molecule has 27 heavy (non-hydrogen) atoms. The Hall–Kier alpha value is -1.90. The zero-order valence-corrected chi connectivity index (χ0v) is 16.4. The summed E-state index contributed by atoms with van der Waals surface area (Å²) in [5, 5.41) is 0. The number of nitrogens with zero attached hydrogens (tertiary/aromatic N) is 1. The molecule has 0 amide bonds. The van der Waals surface area contributed by atoms with Gasteiger partial charge in [-0.15, -0.1) is 11.8 Å². The fraction of sp³-hybridized carbons (Fsp3) is 0.316. The highest BCUT2D eigenvalue weighted by Gasteiger charge is 2.40. The number of benzene rings is 2. The van der Waals surface area contributed by atoms with Crippen LogP contribution in [0.1, 0.15) is 18.4 Å². The maximum Gasteiger partial charge on any atom is 0.324 e. The number of ether oxygens (including phenoxy) is 1. The summed E-state index contributed by atoms with van der Waals surface area (Å²) in [6.07, 6.45) is 2.96. The monoisotopic (exact) mass is 409 g/mol. The Bertz CT molecular complexity index is 898. The molecule has 0 aromatic heterocycles. The summed E-state index contributed by atoms with van der Waals surface area (Å²) in [5.74, 6) is -1.08. The van der Waals surface area contributed by atoms with E-state index in [1.165, 1.54) is 12.1 Å². The molecule has 0 radical (unpaired) electrons. The lowest BCUT2D eigenvalue weighted by Gasteiger charge is -2.22. The Morgan fingerprint density at radius 2 is 1.85 bits per heavy atom. The van der Waals surface area contributed by atoms with Crippen LogP contribution in [0.15, 0.2) is 58.3 Å². The van der Waals surface area contributed by atoms with Gasteiger partial charge in [0.05, 0.1) is 4.90 Å². The van der Waals surface area contributed by atoms with Crippen LogP contribution in [0.4, 0.5) is 4.39 Å². The second-order valence-electron chi connectivity index (χ2n) is 6.18. The largest absolute Gasteiger partial charge is 0.460 e. The fourth-order valence-corrected chi connectivity index (χ4v) is 5.03. The Morgan fingerprint density at radius 3 is 2.48 bits per heavy atom. The van der Waals surface area contributed by atoms with Crippen LogP contribution in [0.2, 0.25) is 0 Å². The van der Waals surface area contributed by atoms with E-state index in [1.54, 1.807) is 11.8 Å². The number of sulfonamides is 1. The molecule has 1 heterocycles. The minimum atomic E-state index is -3.88. The van der Waals surface area contributed by atoms with Crippen LogP contribution in [0.3, 0.4) is 0 Å². The van der Waals surface area contributed by atoms with Gasteiger partial charge in [0.15, 0.2) is 0 Å². The van der Waals surface area contributed by atoms with Gasteiger partial charge in [0, 0.05) is 11.4 Å². The first kappa shape index (κ1) is 19.9. The van der Waals surface area contributed by atoms with Crippen LogP contribution in [0.5, 0.6) is 0 Å². The van der Waals surface area contributed by atoms with Crippen molar-refractivity contribution >= 4 is 27.8 Å². The molecule has 2 aromatic carbocycles. The van der Waals surface area contributed by atoms with Crippen molar-refractivity contribution in [2.45, 2.75) is 35.3 Å². The average Bonchev–Trinajstić information content (AvgIpc) is 3.18. The standard InChI is InChI=1S/C19H20FNO4S2/c1-26-16-8-4-14(5-9-16)13-25-19(22)18-3-2-12-21(18)27(23,24)17-10-6-15(20)7-11-17/h4-11,18H,2-3,12-13H2,1H3/t18-/m0/s1. The summed E-state index contributed by atoms with van der Waals surface area (Å²) in [7, 11) is -3.88. The molecule has 1 aliphatic rings. The normalized spacial score (nSPS) is 17.8. The summed E-state index contributed by atoms with van der Waals surface area (Å²) in [6, 6.07) is 11.4. The minimum absolute atomic E-state index is 0.0312. The molecule has 3 rings (SSSR count). The average molecular weight is 410 g/mol. The van der Waals surface area contributed by atoms with Crippen LogP contribution in [-0.2, 0) is 26.2 Å². The molecule has 1 atom stereocenters. The van der Waals surface area contributed by atoms with Crippen LogP contribution in [0, 0.1) is 5.82 Å². The summed E-state index contributed by atoms with van der Waals surface area (Å²) >= 11 is 1.62. The van der Waals surface area contributed by atoms with Gasteiger partial charge in [-0.2, -0.15) is 4.31 Å². The van der Waals surface area contributed by atoms with Gasteiger partial charge in [0.2, 0.25) is 10.0 Å². The number of hydrogen-bond donors (Lipinski definition) is 0. The fourth-order valence-electron chi connectivity index (χ4n) is 2.98. The summed E-state index contributed by atoms with van der Waals surface area (Å²) in [5.41, 5.74) is 0.840. The highest BCUT2D eigenvalue weighted by atomic mass is 32.2. The van der Waals surface area contributed by atoms with E-state index < -0.39 is 27.9 Å². The molecule has 0 N–H and O–H groups in total. The van der Waals surface area contributed by atoms with Crippen LogP contribution >= 0.6 is 11.8 Å². The van der Waals surface area contributed by atoms with Gasteiger partial charge in [0.1, 0.15) is 18.5 Å². The Morgan fingerprint density at radius 1 is 1.19 bits per heavy atom. The van der Waals surface area contributed by atoms with Crippen LogP contribution in [0.25, 0.3) is 0 Å². The number of rotatable bonds is 6. The Balaban J connectivity index is 1.69. The molecule has 1 fully saturated rings. The van der Waals surface area contributed by atoms with E-state index in [9.17, 15) is 17.6 Å². The van der Waals surface area contributed by atoms with Crippen molar-refractivity contribution in [3.8, 4) is 0 Å². The lowest BCUT2D eigenvalue weighted by atomic mass is 10.2. The topological polar surface area (TPSA) is 63.7 Å². The second kappa shape index (κ2) is 8.41. The lowest BCUT2D eigenvalue weighted by Crippen LogP contribution is -2.41. The van der Waals surface area contributed by atoms with Crippen LogP contribution in [-0.4, -0.2) is 37.5 Å². The second-order valence-corrected chi connectivity index (χ2v) is 8.95. The van der Waals surface area contributed by atoms with Gasteiger partial charge >= 0.3 is 5.97 Å². The maximum absolute atomic E-state index is 13.1. The molecule has 1 saturated heterocycles. The van der Waals surface area contributed by atoms with Gasteiger partial charge < -0.3 is 4.74 Å². The highest BCUT2D eigenvalue weighted by Crippen LogP contribution is 2.27. The van der Waals surface area contributed by atoms with Gasteiger partial charge in [-0.1, -0.05) is 12.1 Å². The Kier molecular flexibility index (Phi) is 6.18. The van der Waals surface area contributed by atoms with E-state index in [-0.39, 0.29) is 18.0 Å². The third kappa shape index (κ3) is 4.51.